The third kappa shape index (κ3) is 2.13. The Morgan fingerprint density at radius 2 is 2.22 bits per heavy atom. The van der Waals surface area contributed by atoms with E-state index >= 15 is 0 Å². The fourth-order valence-electron chi connectivity index (χ4n) is 2.93. The van der Waals surface area contributed by atoms with Crippen molar-refractivity contribution in [3.05, 3.63) is 29.3 Å². The van der Waals surface area contributed by atoms with Crippen molar-refractivity contribution < 1.29 is 9.84 Å². The summed E-state index contributed by atoms with van der Waals surface area (Å²) in [6.45, 7) is 7.09. The van der Waals surface area contributed by atoms with Crippen molar-refractivity contribution in [3.63, 3.8) is 0 Å². The molecule has 0 amide bonds. The minimum absolute atomic E-state index is 0.137. The lowest BCUT2D eigenvalue weighted by molar-refractivity contribution is 0.175. The summed E-state index contributed by atoms with van der Waals surface area (Å²) in [6, 6.07) is 6.51. The van der Waals surface area contributed by atoms with Gasteiger partial charge in [-0.15, -0.1) is 0 Å². The van der Waals surface area contributed by atoms with Crippen LogP contribution in [0.4, 0.5) is 0 Å². The van der Waals surface area contributed by atoms with Gasteiger partial charge >= 0.3 is 0 Å². The molecule has 3 rings (SSSR count). The SMILES string of the molecule is CC1Oc2ccc(CN3CC[C@H](O)C3)cc2C1C. The van der Waals surface area contributed by atoms with Crippen LogP contribution in [0.1, 0.15) is 37.3 Å². The topological polar surface area (TPSA) is 32.7 Å². The van der Waals surface area contributed by atoms with Crippen molar-refractivity contribution in [2.24, 2.45) is 0 Å². The Hall–Kier alpha value is -1.06. The van der Waals surface area contributed by atoms with Crippen molar-refractivity contribution in [2.45, 2.75) is 44.9 Å². The minimum Gasteiger partial charge on any atom is -0.490 e. The van der Waals surface area contributed by atoms with Crippen molar-refractivity contribution in [1.82, 2.24) is 4.90 Å². The highest BCUT2D eigenvalue weighted by molar-refractivity contribution is 5.43. The highest BCUT2D eigenvalue weighted by Gasteiger charge is 2.28. The summed E-state index contributed by atoms with van der Waals surface area (Å²) in [5.74, 6) is 1.52. The zero-order valence-corrected chi connectivity index (χ0v) is 11.1. The highest BCUT2D eigenvalue weighted by atomic mass is 16.5. The fraction of sp³-hybridized carbons (Fsp3) is 0.600. The molecule has 2 heterocycles. The predicted molar refractivity (Wildman–Crippen MR) is 70.8 cm³/mol. The molecule has 2 aliphatic rings. The van der Waals surface area contributed by atoms with E-state index in [1.54, 1.807) is 0 Å². The van der Waals surface area contributed by atoms with Gasteiger partial charge in [-0.1, -0.05) is 19.1 Å². The molecule has 1 saturated heterocycles. The molecular formula is C15H21NO2. The van der Waals surface area contributed by atoms with Crippen molar-refractivity contribution >= 4 is 0 Å². The lowest BCUT2D eigenvalue weighted by Gasteiger charge is -2.15. The molecule has 0 aromatic heterocycles. The first kappa shape index (κ1) is 12.0. The molecule has 1 aromatic carbocycles. The zero-order chi connectivity index (χ0) is 12.7. The average Bonchev–Trinajstić information content (AvgIpc) is 2.86. The van der Waals surface area contributed by atoms with Crippen LogP contribution in [0.3, 0.4) is 0 Å². The monoisotopic (exact) mass is 247 g/mol. The molecule has 1 N–H and O–H groups in total. The highest BCUT2D eigenvalue weighted by Crippen LogP contribution is 2.38. The van der Waals surface area contributed by atoms with E-state index in [2.05, 4.69) is 36.9 Å². The number of likely N-dealkylation sites (tertiary alicyclic amines) is 1. The van der Waals surface area contributed by atoms with Crippen molar-refractivity contribution in [3.8, 4) is 5.75 Å². The lowest BCUT2D eigenvalue weighted by Crippen LogP contribution is -2.21. The Balaban J connectivity index is 1.75. The third-order valence-electron chi connectivity index (χ3n) is 4.24. The normalized spacial score (nSPS) is 31.4. The molecule has 2 aliphatic heterocycles. The Morgan fingerprint density at radius 3 is 2.94 bits per heavy atom. The number of rotatable bonds is 2. The number of nitrogens with zero attached hydrogens (tertiary/aromatic N) is 1. The van der Waals surface area contributed by atoms with Gasteiger partial charge in [0.2, 0.25) is 0 Å². The summed E-state index contributed by atoms with van der Waals surface area (Å²) in [4.78, 5) is 2.32. The van der Waals surface area contributed by atoms with E-state index in [4.69, 9.17) is 4.74 Å². The second-order valence-electron chi connectivity index (χ2n) is 5.66. The molecule has 0 saturated carbocycles. The quantitative estimate of drug-likeness (QED) is 0.869. The van der Waals surface area contributed by atoms with Crippen molar-refractivity contribution in [2.75, 3.05) is 13.1 Å². The van der Waals surface area contributed by atoms with Crippen LogP contribution >= 0.6 is 0 Å². The number of hydrogen-bond acceptors (Lipinski definition) is 3. The summed E-state index contributed by atoms with van der Waals surface area (Å²) < 4.78 is 5.81. The molecule has 18 heavy (non-hydrogen) atoms. The van der Waals surface area contributed by atoms with E-state index in [1.165, 1.54) is 11.1 Å². The fourth-order valence-corrected chi connectivity index (χ4v) is 2.93. The molecule has 3 nitrogen and oxygen atoms in total. The lowest BCUT2D eigenvalue weighted by atomic mass is 9.97. The van der Waals surface area contributed by atoms with Gasteiger partial charge in [-0.25, -0.2) is 0 Å². The molecule has 0 bridgehead atoms. The van der Waals surface area contributed by atoms with E-state index in [0.29, 0.717) is 5.92 Å². The summed E-state index contributed by atoms with van der Waals surface area (Å²) >= 11 is 0. The molecule has 0 spiro atoms. The molecule has 1 aromatic rings. The van der Waals surface area contributed by atoms with Crippen LogP contribution < -0.4 is 4.74 Å². The molecular weight excluding hydrogens is 226 g/mol. The molecule has 0 aliphatic carbocycles. The van der Waals surface area contributed by atoms with Gasteiger partial charge in [-0.05, 0) is 25.0 Å². The van der Waals surface area contributed by atoms with E-state index in [-0.39, 0.29) is 12.2 Å². The first-order chi connectivity index (χ1) is 8.63. The molecule has 1 fully saturated rings. The summed E-state index contributed by atoms with van der Waals surface area (Å²) in [5, 5.41) is 9.55. The summed E-state index contributed by atoms with van der Waals surface area (Å²) in [6.07, 6.45) is 1.05. The number of aliphatic hydroxyl groups excluding tert-OH is 1. The van der Waals surface area contributed by atoms with Crippen LogP contribution in [0.15, 0.2) is 18.2 Å². The number of β-amino-alcohol motifs (C(OH)–C–C–N with tert-alkyl or cyclic N) is 1. The van der Waals surface area contributed by atoms with E-state index < -0.39 is 0 Å². The molecule has 3 heteroatoms. The largest absolute Gasteiger partial charge is 0.490 e. The summed E-state index contributed by atoms with van der Waals surface area (Å²) in [7, 11) is 0. The second kappa shape index (κ2) is 4.56. The Morgan fingerprint density at radius 1 is 1.39 bits per heavy atom. The van der Waals surface area contributed by atoms with Crippen LogP contribution in [0.5, 0.6) is 5.75 Å². The average molecular weight is 247 g/mol. The second-order valence-corrected chi connectivity index (χ2v) is 5.66. The van der Waals surface area contributed by atoms with E-state index in [0.717, 1.165) is 31.8 Å². The first-order valence-electron chi connectivity index (χ1n) is 6.83. The Bertz CT molecular complexity index is 446. The van der Waals surface area contributed by atoms with Crippen LogP contribution in [-0.4, -0.2) is 35.3 Å². The van der Waals surface area contributed by atoms with Crippen LogP contribution in [0, 0.1) is 0 Å². The minimum atomic E-state index is -0.137. The first-order valence-corrected chi connectivity index (χ1v) is 6.83. The molecule has 0 radical (unpaired) electrons. The molecule has 3 atom stereocenters. The summed E-state index contributed by atoms with van der Waals surface area (Å²) in [5.41, 5.74) is 2.66. The van der Waals surface area contributed by atoms with Gasteiger partial charge in [-0.2, -0.15) is 0 Å². The Kier molecular flexibility index (Phi) is 3.04. The van der Waals surface area contributed by atoms with Gasteiger partial charge in [0.25, 0.3) is 0 Å². The predicted octanol–water partition coefficient (Wildman–Crippen LogP) is 2.14. The maximum atomic E-state index is 9.55. The van der Waals surface area contributed by atoms with Gasteiger partial charge in [0.15, 0.2) is 0 Å². The maximum absolute atomic E-state index is 9.55. The molecule has 98 valence electrons. The van der Waals surface area contributed by atoms with Gasteiger partial charge in [0.1, 0.15) is 11.9 Å². The Labute approximate surface area is 108 Å². The van der Waals surface area contributed by atoms with Gasteiger partial charge in [-0.3, -0.25) is 4.90 Å². The van der Waals surface area contributed by atoms with E-state index in [1.807, 2.05) is 0 Å². The standard InChI is InChI=1S/C15H21NO2/c1-10-11(2)18-15-4-3-12(7-14(10)15)8-16-6-5-13(17)9-16/h3-4,7,10-11,13,17H,5-6,8-9H2,1-2H3/t10?,11?,13-/m0/s1. The number of ether oxygens (including phenoxy) is 1. The number of aliphatic hydroxyl groups is 1. The van der Waals surface area contributed by atoms with Crippen LogP contribution in [0.25, 0.3) is 0 Å². The van der Waals surface area contributed by atoms with E-state index in [9.17, 15) is 5.11 Å². The van der Waals surface area contributed by atoms with Gasteiger partial charge in [0.05, 0.1) is 6.10 Å². The smallest absolute Gasteiger partial charge is 0.123 e. The third-order valence-corrected chi connectivity index (χ3v) is 4.24. The van der Waals surface area contributed by atoms with Crippen LogP contribution in [0.2, 0.25) is 0 Å². The number of fused-ring (bicyclic) bond motifs is 1. The number of hydrogen-bond donors (Lipinski definition) is 1. The maximum Gasteiger partial charge on any atom is 0.123 e. The van der Waals surface area contributed by atoms with Crippen molar-refractivity contribution in [1.29, 1.82) is 0 Å². The zero-order valence-electron chi connectivity index (χ0n) is 11.1. The molecule has 2 unspecified atom stereocenters. The number of benzene rings is 1. The van der Waals surface area contributed by atoms with Gasteiger partial charge in [0, 0.05) is 31.1 Å². The van der Waals surface area contributed by atoms with Crippen LogP contribution in [-0.2, 0) is 6.54 Å². The van der Waals surface area contributed by atoms with Gasteiger partial charge < -0.3 is 9.84 Å².